The molecule has 0 unspecified atom stereocenters. The maximum atomic E-state index is 13.7. The molecule has 1 aliphatic rings. The number of fused-ring (bicyclic) bond motifs is 1. The molecule has 0 aliphatic carbocycles. The highest BCUT2D eigenvalue weighted by Crippen LogP contribution is 2.37. The van der Waals surface area contributed by atoms with Crippen molar-refractivity contribution in [3.63, 3.8) is 0 Å². The summed E-state index contributed by atoms with van der Waals surface area (Å²) >= 11 is 0. The van der Waals surface area contributed by atoms with Crippen LogP contribution in [0, 0.1) is 5.92 Å². The van der Waals surface area contributed by atoms with E-state index in [1.165, 1.54) is 4.31 Å². The topological polar surface area (TPSA) is 92.2 Å². The van der Waals surface area contributed by atoms with Gasteiger partial charge in [-0.25, -0.2) is 8.42 Å². The van der Waals surface area contributed by atoms with E-state index in [-0.39, 0.29) is 30.1 Å². The Morgan fingerprint density at radius 1 is 1.19 bits per heavy atom. The molecule has 1 N–H and O–H groups in total. The van der Waals surface area contributed by atoms with Crippen molar-refractivity contribution in [2.45, 2.75) is 37.4 Å². The summed E-state index contributed by atoms with van der Waals surface area (Å²) in [7, 11) is -0.272. The molecule has 0 amide bonds. The van der Waals surface area contributed by atoms with Gasteiger partial charge in [0.2, 0.25) is 10.0 Å². The highest BCUT2D eigenvalue weighted by atomic mass is 32.2. The standard InChI is InChI=1S/C28H35N3O5S/c1-20-16-31(21(2)19-32)37(33,34)28-11-10-24(23-8-5-9-25(13-23)35-4)14-26(28)36-27(20)18-30(3)17-22-7-6-12-29-15-22/h5-15,20-21,27,32H,16-19H2,1-4H3/t20-,21-,27+/m0/s1. The van der Waals surface area contributed by atoms with Crippen molar-refractivity contribution in [3.05, 3.63) is 72.6 Å². The summed E-state index contributed by atoms with van der Waals surface area (Å²) in [4.78, 5) is 6.45. The van der Waals surface area contributed by atoms with Crippen molar-refractivity contribution in [1.29, 1.82) is 0 Å². The molecule has 37 heavy (non-hydrogen) atoms. The molecule has 2 aromatic carbocycles. The molecule has 0 radical (unpaired) electrons. The first-order chi connectivity index (χ1) is 17.7. The average molecular weight is 526 g/mol. The summed E-state index contributed by atoms with van der Waals surface area (Å²) in [6, 6.07) is 16.2. The fraction of sp³-hybridized carbons (Fsp3) is 0.393. The van der Waals surface area contributed by atoms with Crippen molar-refractivity contribution >= 4 is 10.0 Å². The number of pyridine rings is 1. The normalized spacial score (nSPS) is 20.4. The van der Waals surface area contributed by atoms with E-state index in [4.69, 9.17) is 9.47 Å². The highest BCUT2D eigenvalue weighted by molar-refractivity contribution is 7.89. The van der Waals surface area contributed by atoms with Crippen LogP contribution in [0.5, 0.6) is 11.5 Å². The van der Waals surface area contributed by atoms with Crippen LogP contribution in [0.1, 0.15) is 19.4 Å². The van der Waals surface area contributed by atoms with Crippen LogP contribution in [0.15, 0.2) is 71.9 Å². The third kappa shape index (κ3) is 6.13. The lowest BCUT2D eigenvalue weighted by Crippen LogP contribution is -2.49. The number of likely N-dealkylation sites (N-methyl/N-ethyl adjacent to an activating group) is 1. The van der Waals surface area contributed by atoms with Gasteiger partial charge in [0.25, 0.3) is 0 Å². The number of nitrogens with zero attached hydrogens (tertiary/aromatic N) is 3. The van der Waals surface area contributed by atoms with Crippen molar-refractivity contribution < 1.29 is 23.0 Å². The number of sulfonamides is 1. The SMILES string of the molecule is COc1cccc(-c2ccc3c(c2)O[C@H](CN(C)Cc2cccnc2)[C@@H](C)CN([C@@H](C)CO)S3(=O)=O)c1. The van der Waals surface area contributed by atoms with Gasteiger partial charge in [0.15, 0.2) is 0 Å². The fourth-order valence-electron chi connectivity index (χ4n) is 4.60. The second-order valence-corrected chi connectivity index (χ2v) is 11.6. The molecule has 0 bridgehead atoms. The summed E-state index contributed by atoms with van der Waals surface area (Å²) in [5.74, 6) is 0.889. The molecular formula is C28H35N3O5S. The van der Waals surface area contributed by atoms with Crippen LogP contribution in [0.2, 0.25) is 0 Å². The van der Waals surface area contributed by atoms with Crippen molar-refractivity contribution in [3.8, 4) is 22.6 Å². The lowest BCUT2D eigenvalue weighted by atomic mass is 10.0. The molecule has 1 aliphatic heterocycles. The fourth-order valence-corrected chi connectivity index (χ4v) is 6.43. The molecule has 0 spiro atoms. The minimum Gasteiger partial charge on any atom is -0.497 e. The summed E-state index contributed by atoms with van der Waals surface area (Å²) in [5, 5.41) is 9.87. The van der Waals surface area contributed by atoms with Crippen LogP contribution in [-0.4, -0.2) is 73.7 Å². The molecule has 1 aromatic heterocycles. The Hall–Kier alpha value is -2.98. The summed E-state index contributed by atoms with van der Waals surface area (Å²) in [5.41, 5.74) is 2.80. The predicted octanol–water partition coefficient (Wildman–Crippen LogP) is 3.66. The third-order valence-electron chi connectivity index (χ3n) is 6.74. The van der Waals surface area contributed by atoms with E-state index >= 15 is 0 Å². The van der Waals surface area contributed by atoms with Gasteiger partial charge < -0.3 is 14.6 Å². The number of aliphatic hydroxyl groups excluding tert-OH is 1. The van der Waals surface area contributed by atoms with Crippen LogP contribution in [0.25, 0.3) is 11.1 Å². The minimum absolute atomic E-state index is 0.103. The molecule has 3 aromatic rings. The first-order valence-electron chi connectivity index (χ1n) is 12.4. The molecule has 0 fully saturated rings. The number of benzene rings is 2. The zero-order chi connectivity index (χ0) is 26.6. The van der Waals surface area contributed by atoms with Crippen LogP contribution in [-0.2, 0) is 16.6 Å². The minimum atomic E-state index is -3.90. The summed E-state index contributed by atoms with van der Waals surface area (Å²) < 4.78 is 40.8. The number of ether oxygens (including phenoxy) is 2. The maximum Gasteiger partial charge on any atom is 0.247 e. The number of aromatic nitrogens is 1. The van der Waals surface area contributed by atoms with Crippen molar-refractivity contribution in [1.82, 2.24) is 14.2 Å². The van der Waals surface area contributed by atoms with E-state index in [0.29, 0.717) is 24.6 Å². The molecule has 2 heterocycles. The summed E-state index contributed by atoms with van der Waals surface area (Å²) in [6.45, 7) is 4.96. The molecule has 0 saturated carbocycles. The molecule has 4 rings (SSSR count). The Kier molecular flexibility index (Phi) is 8.49. The van der Waals surface area contributed by atoms with E-state index in [0.717, 1.165) is 16.7 Å². The molecular weight excluding hydrogens is 490 g/mol. The van der Waals surface area contributed by atoms with Gasteiger partial charge in [0, 0.05) is 44.0 Å². The van der Waals surface area contributed by atoms with Crippen molar-refractivity contribution in [2.24, 2.45) is 5.92 Å². The summed E-state index contributed by atoms with van der Waals surface area (Å²) in [6.07, 6.45) is 3.30. The van der Waals surface area contributed by atoms with Crippen LogP contribution in [0.3, 0.4) is 0 Å². The van der Waals surface area contributed by atoms with Gasteiger partial charge in [-0.1, -0.05) is 31.2 Å². The average Bonchev–Trinajstić information content (AvgIpc) is 2.90. The zero-order valence-corrected chi connectivity index (χ0v) is 22.6. The lowest BCUT2D eigenvalue weighted by Gasteiger charge is -2.37. The Balaban J connectivity index is 1.73. The third-order valence-corrected chi connectivity index (χ3v) is 8.76. The zero-order valence-electron chi connectivity index (χ0n) is 21.7. The van der Waals surface area contributed by atoms with Gasteiger partial charge in [0.1, 0.15) is 22.5 Å². The number of aliphatic hydroxyl groups is 1. The Labute approximate surface area is 219 Å². The van der Waals surface area contributed by atoms with E-state index in [9.17, 15) is 13.5 Å². The lowest BCUT2D eigenvalue weighted by molar-refractivity contribution is 0.0734. The number of hydrogen-bond donors (Lipinski definition) is 1. The first-order valence-corrected chi connectivity index (χ1v) is 13.8. The van der Waals surface area contributed by atoms with Gasteiger partial charge in [-0.05, 0) is 61.0 Å². The van der Waals surface area contributed by atoms with Gasteiger partial charge in [0.05, 0.1) is 13.7 Å². The molecule has 9 heteroatoms. The van der Waals surface area contributed by atoms with Gasteiger partial charge in [-0.15, -0.1) is 0 Å². The highest BCUT2D eigenvalue weighted by Gasteiger charge is 2.38. The van der Waals surface area contributed by atoms with E-state index in [2.05, 4.69) is 9.88 Å². The Morgan fingerprint density at radius 3 is 2.68 bits per heavy atom. The van der Waals surface area contributed by atoms with E-state index in [1.807, 2.05) is 56.6 Å². The molecule has 0 saturated heterocycles. The van der Waals surface area contributed by atoms with Gasteiger partial charge >= 0.3 is 0 Å². The smallest absolute Gasteiger partial charge is 0.247 e. The first kappa shape index (κ1) is 27.1. The van der Waals surface area contributed by atoms with E-state index < -0.39 is 16.1 Å². The molecule has 8 nitrogen and oxygen atoms in total. The Bertz CT molecular complexity index is 1300. The quantitative estimate of drug-likeness (QED) is 0.480. The van der Waals surface area contributed by atoms with Gasteiger partial charge in [-0.3, -0.25) is 9.88 Å². The second kappa shape index (κ2) is 11.6. The van der Waals surface area contributed by atoms with E-state index in [1.54, 1.807) is 38.4 Å². The van der Waals surface area contributed by atoms with Gasteiger partial charge in [-0.2, -0.15) is 4.31 Å². The van der Waals surface area contributed by atoms with Crippen LogP contribution < -0.4 is 9.47 Å². The number of rotatable bonds is 8. The number of methoxy groups -OCH3 is 1. The van der Waals surface area contributed by atoms with Crippen LogP contribution >= 0.6 is 0 Å². The Morgan fingerprint density at radius 2 is 1.97 bits per heavy atom. The number of hydrogen-bond acceptors (Lipinski definition) is 7. The molecule has 198 valence electrons. The monoisotopic (exact) mass is 525 g/mol. The largest absolute Gasteiger partial charge is 0.497 e. The van der Waals surface area contributed by atoms with Crippen molar-refractivity contribution in [2.75, 3.05) is 33.9 Å². The maximum absolute atomic E-state index is 13.7. The molecule has 3 atom stereocenters. The second-order valence-electron chi connectivity index (χ2n) is 9.69. The van der Waals surface area contributed by atoms with Crippen LogP contribution in [0.4, 0.5) is 0 Å². The predicted molar refractivity (Wildman–Crippen MR) is 143 cm³/mol.